The molecular formula is C19H22N2O3. The molecule has 0 radical (unpaired) electrons. The van der Waals surface area contributed by atoms with E-state index in [1.165, 1.54) is 12.6 Å². The van der Waals surface area contributed by atoms with Gasteiger partial charge in [0, 0.05) is 7.05 Å². The average Bonchev–Trinajstić information content (AvgIpc) is 3.33. The van der Waals surface area contributed by atoms with E-state index in [1.807, 2.05) is 49.4 Å². The number of carbonyl (C=O) groups is 1. The summed E-state index contributed by atoms with van der Waals surface area (Å²) in [6.07, 6.45) is 0.960. The van der Waals surface area contributed by atoms with Crippen LogP contribution in [0.5, 0.6) is 11.5 Å². The molecule has 1 aliphatic carbocycles. The number of nitrogens with one attached hydrogen (secondary N) is 1. The predicted octanol–water partition coefficient (Wildman–Crippen LogP) is 3.92. The molecule has 0 aromatic heterocycles. The van der Waals surface area contributed by atoms with Gasteiger partial charge in [-0.05, 0) is 60.6 Å². The minimum Gasteiger partial charge on any atom is -0.457 e. The molecule has 0 spiro atoms. The molecule has 1 fully saturated rings. The van der Waals surface area contributed by atoms with Gasteiger partial charge in [0.15, 0.2) is 0 Å². The van der Waals surface area contributed by atoms with Gasteiger partial charge >= 0.3 is 6.03 Å². The van der Waals surface area contributed by atoms with Crippen LogP contribution in [0.3, 0.4) is 0 Å². The molecule has 0 unspecified atom stereocenters. The number of carbonyl (C=O) groups excluding carboxylic acids is 1. The van der Waals surface area contributed by atoms with Crippen LogP contribution in [0.15, 0.2) is 48.5 Å². The van der Waals surface area contributed by atoms with Crippen LogP contribution in [0.2, 0.25) is 0 Å². The Bertz CT molecular complexity index is 732. The van der Waals surface area contributed by atoms with E-state index in [9.17, 15) is 10.0 Å². The van der Waals surface area contributed by atoms with Crippen molar-refractivity contribution in [3.05, 3.63) is 59.7 Å². The maximum absolute atomic E-state index is 11.3. The SMILES string of the molecule is CNC(=O)N(O)C[C@@H]1C[C@H]1c1cccc(Oc2cccc(C)c2)c1. The first-order valence-corrected chi connectivity index (χ1v) is 8.09. The average molecular weight is 326 g/mol. The highest BCUT2D eigenvalue weighted by Crippen LogP contribution is 2.48. The first kappa shape index (κ1) is 16.3. The Kier molecular flexibility index (Phi) is 4.71. The summed E-state index contributed by atoms with van der Waals surface area (Å²) in [5.41, 5.74) is 2.33. The van der Waals surface area contributed by atoms with Crippen molar-refractivity contribution >= 4 is 6.03 Å². The normalized spacial score (nSPS) is 18.8. The van der Waals surface area contributed by atoms with Crippen LogP contribution in [0.25, 0.3) is 0 Å². The summed E-state index contributed by atoms with van der Waals surface area (Å²) in [7, 11) is 1.50. The topological polar surface area (TPSA) is 61.8 Å². The van der Waals surface area contributed by atoms with Gasteiger partial charge in [-0.1, -0.05) is 24.3 Å². The van der Waals surface area contributed by atoms with Crippen molar-refractivity contribution in [2.75, 3.05) is 13.6 Å². The molecule has 0 bridgehead atoms. The van der Waals surface area contributed by atoms with Gasteiger partial charge in [0.25, 0.3) is 0 Å². The standard InChI is InChI=1S/C19H22N2O3/c1-13-5-3-7-16(9-13)24-17-8-4-6-14(10-17)18-11-15(18)12-21(23)19(22)20-2/h3-10,15,18,23H,11-12H2,1-2H3,(H,20,22)/t15-,18-/m0/s1. The molecule has 2 N–H and O–H groups in total. The highest BCUT2D eigenvalue weighted by Gasteiger charge is 2.40. The first-order chi connectivity index (χ1) is 11.6. The van der Waals surface area contributed by atoms with E-state index in [0.717, 1.165) is 28.5 Å². The lowest BCUT2D eigenvalue weighted by molar-refractivity contribution is -0.0462. The molecule has 2 amide bonds. The van der Waals surface area contributed by atoms with Crippen LogP contribution >= 0.6 is 0 Å². The molecule has 3 rings (SSSR count). The lowest BCUT2D eigenvalue weighted by atomic mass is 10.1. The Balaban J connectivity index is 1.63. The molecule has 0 aliphatic heterocycles. The summed E-state index contributed by atoms with van der Waals surface area (Å²) >= 11 is 0. The van der Waals surface area contributed by atoms with Gasteiger partial charge in [-0.15, -0.1) is 0 Å². The maximum Gasteiger partial charge on any atom is 0.340 e. The summed E-state index contributed by atoms with van der Waals surface area (Å²) in [5.74, 6) is 2.25. The summed E-state index contributed by atoms with van der Waals surface area (Å²) < 4.78 is 5.93. The van der Waals surface area contributed by atoms with E-state index in [0.29, 0.717) is 12.5 Å². The molecular weight excluding hydrogens is 304 g/mol. The molecule has 126 valence electrons. The summed E-state index contributed by atoms with van der Waals surface area (Å²) in [5, 5.41) is 12.8. The first-order valence-electron chi connectivity index (χ1n) is 8.09. The molecule has 1 saturated carbocycles. The highest BCUT2D eigenvalue weighted by molar-refractivity contribution is 5.72. The number of benzene rings is 2. The van der Waals surface area contributed by atoms with Crippen molar-refractivity contribution in [3.8, 4) is 11.5 Å². The quantitative estimate of drug-likeness (QED) is 0.646. The second-order valence-corrected chi connectivity index (χ2v) is 6.23. The van der Waals surface area contributed by atoms with E-state index in [-0.39, 0.29) is 5.92 Å². The molecule has 5 heteroatoms. The third kappa shape index (κ3) is 3.86. The van der Waals surface area contributed by atoms with Gasteiger partial charge in [0.05, 0.1) is 6.54 Å². The Morgan fingerprint density at radius 2 is 1.96 bits per heavy atom. The number of ether oxygens (including phenoxy) is 1. The largest absolute Gasteiger partial charge is 0.457 e. The fourth-order valence-electron chi connectivity index (χ4n) is 2.92. The number of aryl methyl sites for hydroxylation is 1. The van der Waals surface area contributed by atoms with E-state index < -0.39 is 6.03 Å². The molecule has 2 atom stereocenters. The van der Waals surface area contributed by atoms with E-state index in [1.54, 1.807) is 0 Å². The number of hydrogen-bond donors (Lipinski definition) is 2. The van der Waals surface area contributed by atoms with Gasteiger partial charge in [0.2, 0.25) is 0 Å². The van der Waals surface area contributed by atoms with Gasteiger partial charge in [-0.25, -0.2) is 9.86 Å². The maximum atomic E-state index is 11.3. The van der Waals surface area contributed by atoms with Crippen LogP contribution < -0.4 is 10.1 Å². The van der Waals surface area contributed by atoms with E-state index in [2.05, 4.69) is 11.4 Å². The van der Waals surface area contributed by atoms with Crippen molar-refractivity contribution in [2.45, 2.75) is 19.3 Å². The second kappa shape index (κ2) is 6.93. The predicted molar refractivity (Wildman–Crippen MR) is 91.5 cm³/mol. The van der Waals surface area contributed by atoms with Crippen LogP contribution in [0.4, 0.5) is 4.79 Å². The zero-order chi connectivity index (χ0) is 17.1. The second-order valence-electron chi connectivity index (χ2n) is 6.23. The number of nitrogens with zero attached hydrogens (tertiary/aromatic N) is 1. The molecule has 0 heterocycles. The Morgan fingerprint density at radius 1 is 1.25 bits per heavy atom. The number of hydrogen-bond acceptors (Lipinski definition) is 3. The Labute approximate surface area is 141 Å². The minimum atomic E-state index is -0.475. The lowest BCUT2D eigenvalue weighted by Gasteiger charge is -2.14. The number of urea groups is 1. The highest BCUT2D eigenvalue weighted by atomic mass is 16.5. The Hall–Kier alpha value is -2.53. The van der Waals surface area contributed by atoms with Gasteiger partial charge in [-0.2, -0.15) is 0 Å². The van der Waals surface area contributed by atoms with Crippen molar-refractivity contribution in [1.82, 2.24) is 10.4 Å². The Morgan fingerprint density at radius 3 is 2.67 bits per heavy atom. The van der Waals surface area contributed by atoms with Crippen LogP contribution in [-0.2, 0) is 0 Å². The third-order valence-corrected chi connectivity index (χ3v) is 4.29. The van der Waals surface area contributed by atoms with Gasteiger partial charge < -0.3 is 10.1 Å². The lowest BCUT2D eigenvalue weighted by Crippen LogP contribution is -2.36. The van der Waals surface area contributed by atoms with Crippen molar-refractivity contribution in [3.63, 3.8) is 0 Å². The summed E-state index contributed by atoms with van der Waals surface area (Å²) in [4.78, 5) is 11.3. The zero-order valence-corrected chi connectivity index (χ0v) is 13.9. The molecule has 1 aliphatic rings. The summed E-state index contributed by atoms with van der Waals surface area (Å²) in [6.45, 7) is 2.37. The molecule has 24 heavy (non-hydrogen) atoms. The fraction of sp³-hybridized carbons (Fsp3) is 0.316. The summed E-state index contributed by atoms with van der Waals surface area (Å²) in [6, 6.07) is 15.5. The minimum absolute atomic E-state index is 0.279. The fourth-order valence-corrected chi connectivity index (χ4v) is 2.92. The van der Waals surface area contributed by atoms with Gasteiger partial charge in [-0.3, -0.25) is 5.21 Å². The van der Waals surface area contributed by atoms with Crippen molar-refractivity contribution < 1.29 is 14.7 Å². The van der Waals surface area contributed by atoms with Crippen LogP contribution in [0.1, 0.15) is 23.5 Å². The van der Waals surface area contributed by atoms with Crippen LogP contribution in [0, 0.1) is 12.8 Å². The van der Waals surface area contributed by atoms with E-state index in [4.69, 9.17) is 4.74 Å². The van der Waals surface area contributed by atoms with Crippen LogP contribution in [-0.4, -0.2) is 29.9 Å². The van der Waals surface area contributed by atoms with E-state index >= 15 is 0 Å². The molecule has 2 aromatic rings. The third-order valence-electron chi connectivity index (χ3n) is 4.29. The molecule has 0 saturated heterocycles. The smallest absolute Gasteiger partial charge is 0.340 e. The molecule has 5 nitrogen and oxygen atoms in total. The monoisotopic (exact) mass is 326 g/mol. The van der Waals surface area contributed by atoms with Crippen molar-refractivity contribution in [1.29, 1.82) is 0 Å². The number of amides is 2. The number of rotatable bonds is 5. The zero-order valence-electron chi connectivity index (χ0n) is 13.9. The van der Waals surface area contributed by atoms with Gasteiger partial charge in [0.1, 0.15) is 11.5 Å². The molecule has 2 aromatic carbocycles. The number of hydroxylamine groups is 2. The van der Waals surface area contributed by atoms with Crippen molar-refractivity contribution in [2.24, 2.45) is 5.92 Å².